The van der Waals surface area contributed by atoms with E-state index in [2.05, 4.69) is 4.98 Å². The predicted octanol–water partition coefficient (Wildman–Crippen LogP) is 2.87. The average Bonchev–Trinajstić information content (AvgIpc) is 2.55. The summed E-state index contributed by atoms with van der Waals surface area (Å²) < 4.78 is 0. The molecule has 2 aromatic carbocycles. The van der Waals surface area contributed by atoms with E-state index < -0.39 is 0 Å². The fraction of sp³-hybridized carbons (Fsp3) is 0.105. The first-order valence-corrected chi connectivity index (χ1v) is 7.39. The molecule has 0 amide bonds. The van der Waals surface area contributed by atoms with Crippen LogP contribution in [0.3, 0.4) is 0 Å². The quantitative estimate of drug-likeness (QED) is 0.562. The highest BCUT2D eigenvalue weighted by molar-refractivity contribution is 5.99. The number of carbonyl (C=O) groups is 1. The van der Waals surface area contributed by atoms with Crippen LogP contribution in [0.4, 0.5) is 0 Å². The van der Waals surface area contributed by atoms with E-state index in [9.17, 15) is 4.79 Å². The number of hydrogen-bond donors (Lipinski definition) is 2. The molecule has 0 bridgehead atoms. The molecule has 3 rings (SSSR count). The van der Waals surface area contributed by atoms with Crippen molar-refractivity contribution in [1.82, 2.24) is 4.98 Å². The number of nitrogens with zero attached hydrogens (tertiary/aromatic N) is 1. The van der Waals surface area contributed by atoms with Crippen LogP contribution in [0, 0.1) is 5.41 Å². The molecule has 3 aromatic rings. The van der Waals surface area contributed by atoms with E-state index >= 15 is 0 Å². The third-order valence-electron chi connectivity index (χ3n) is 3.74. The number of benzene rings is 2. The molecule has 114 valence electrons. The molecule has 1 heterocycles. The molecule has 4 nitrogen and oxygen atoms in total. The molecule has 0 saturated heterocycles. The lowest BCUT2D eigenvalue weighted by atomic mass is 9.99. The molecule has 3 N–H and O–H groups in total. The van der Waals surface area contributed by atoms with Gasteiger partial charge in [-0.2, -0.15) is 0 Å². The lowest BCUT2D eigenvalue weighted by Gasteiger charge is -2.06. The Kier molecular flexibility index (Phi) is 4.15. The lowest BCUT2D eigenvalue weighted by Crippen LogP contribution is -2.10. The first kappa shape index (κ1) is 14.9. The first-order chi connectivity index (χ1) is 11.1. The number of rotatable bonds is 5. The minimum atomic E-state index is 0.0580. The summed E-state index contributed by atoms with van der Waals surface area (Å²) in [6.45, 7) is 0. The molecule has 4 heteroatoms. The van der Waals surface area contributed by atoms with Crippen molar-refractivity contribution in [2.45, 2.75) is 12.8 Å². The van der Waals surface area contributed by atoms with Crippen molar-refractivity contribution in [2.24, 2.45) is 5.73 Å². The summed E-state index contributed by atoms with van der Waals surface area (Å²) >= 11 is 0. The molecule has 0 radical (unpaired) electrons. The fourth-order valence-corrected chi connectivity index (χ4v) is 2.59. The van der Waals surface area contributed by atoms with Crippen LogP contribution in [0.5, 0.6) is 0 Å². The highest BCUT2D eigenvalue weighted by atomic mass is 16.1. The molecule has 1 aromatic heterocycles. The third-order valence-corrected chi connectivity index (χ3v) is 3.74. The van der Waals surface area contributed by atoms with Crippen molar-refractivity contribution in [3.8, 4) is 0 Å². The van der Waals surface area contributed by atoms with Gasteiger partial charge in [0.15, 0.2) is 0 Å². The summed E-state index contributed by atoms with van der Waals surface area (Å²) in [5.74, 6) is 0.223. The Bertz CT molecular complexity index is 872. The standard InChI is InChI=1S/C19H17N3O/c20-19(21)17-6-5-15-8-13(3-4-16(15)11-17)9-18(23)10-14-2-1-7-22-12-14/h1-8,11-12H,9-10H2,(H3,20,21). The zero-order chi connectivity index (χ0) is 16.2. The van der Waals surface area contributed by atoms with Gasteiger partial charge in [-0.1, -0.05) is 36.4 Å². The van der Waals surface area contributed by atoms with E-state index in [4.69, 9.17) is 11.1 Å². The van der Waals surface area contributed by atoms with Gasteiger partial charge in [-0.05, 0) is 34.0 Å². The maximum Gasteiger partial charge on any atom is 0.141 e. The topological polar surface area (TPSA) is 79.8 Å². The summed E-state index contributed by atoms with van der Waals surface area (Å²) in [5, 5.41) is 9.54. The van der Waals surface area contributed by atoms with E-state index in [1.807, 2.05) is 48.5 Å². The number of nitrogens with two attached hydrogens (primary N) is 1. The Morgan fingerprint density at radius 1 is 1.00 bits per heavy atom. The molecular formula is C19H17N3O. The summed E-state index contributed by atoms with van der Waals surface area (Å²) in [7, 11) is 0. The smallest absolute Gasteiger partial charge is 0.141 e. The maximum atomic E-state index is 12.2. The normalized spacial score (nSPS) is 10.6. The van der Waals surface area contributed by atoms with Gasteiger partial charge in [0.25, 0.3) is 0 Å². The van der Waals surface area contributed by atoms with Gasteiger partial charge >= 0.3 is 0 Å². The Hall–Kier alpha value is -3.01. The average molecular weight is 303 g/mol. The number of Topliss-reactive ketones (excluding diaryl/α,β-unsaturated/α-hetero) is 1. The minimum absolute atomic E-state index is 0.0580. The van der Waals surface area contributed by atoms with Crippen LogP contribution in [0.25, 0.3) is 10.8 Å². The number of amidine groups is 1. The van der Waals surface area contributed by atoms with E-state index in [0.717, 1.165) is 21.9 Å². The summed E-state index contributed by atoms with van der Waals surface area (Å²) in [6.07, 6.45) is 4.22. The molecule has 0 aliphatic heterocycles. The van der Waals surface area contributed by atoms with Gasteiger partial charge in [-0.15, -0.1) is 0 Å². The number of aromatic nitrogens is 1. The van der Waals surface area contributed by atoms with Gasteiger partial charge in [0.1, 0.15) is 11.6 Å². The van der Waals surface area contributed by atoms with Crippen LogP contribution in [0.15, 0.2) is 60.9 Å². The Morgan fingerprint density at radius 3 is 2.48 bits per heavy atom. The number of ketones is 1. The molecule has 0 atom stereocenters. The van der Waals surface area contributed by atoms with Crippen LogP contribution >= 0.6 is 0 Å². The van der Waals surface area contributed by atoms with E-state index in [1.165, 1.54) is 0 Å². The monoisotopic (exact) mass is 303 g/mol. The molecule has 0 unspecified atom stereocenters. The summed E-state index contributed by atoms with van der Waals surface area (Å²) in [4.78, 5) is 16.2. The van der Waals surface area contributed by atoms with Crippen molar-refractivity contribution in [3.05, 3.63) is 77.6 Å². The van der Waals surface area contributed by atoms with E-state index in [0.29, 0.717) is 18.4 Å². The number of pyridine rings is 1. The highest BCUT2D eigenvalue weighted by Crippen LogP contribution is 2.18. The largest absolute Gasteiger partial charge is 0.384 e. The van der Waals surface area contributed by atoms with E-state index in [-0.39, 0.29) is 11.6 Å². The van der Waals surface area contributed by atoms with Crippen LogP contribution in [-0.2, 0) is 17.6 Å². The summed E-state index contributed by atoms with van der Waals surface area (Å²) in [5.41, 5.74) is 8.14. The molecule has 0 aliphatic carbocycles. The molecule has 23 heavy (non-hydrogen) atoms. The van der Waals surface area contributed by atoms with E-state index in [1.54, 1.807) is 12.4 Å². The van der Waals surface area contributed by atoms with Crippen LogP contribution in [-0.4, -0.2) is 16.6 Å². The van der Waals surface area contributed by atoms with Gasteiger partial charge in [0.05, 0.1) is 0 Å². The second kappa shape index (κ2) is 6.40. The number of nitrogen functional groups attached to an aromatic ring is 1. The second-order valence-electron chi connectivity index (χ2n) is 5.56. The van der Waals surface area contributed by atoms with Gasteiger partial charge in [-0.25, -0.2) is 0 Å². The van der Waals surface area contributed by atoms with Crippen LogP contribution in [0.1, 0.15) is 16.7 Å². The lowest BCUT2D eigenvalue weighted by molar-refractivity contribution is -0.117. The molecular weight excluding hydrogens is 286 g/mol. The fourth-order valence-electron chi connectivity index (χ4n) is 2.59. The van der Waals surface area contributed by atoms with Crippen molar-refractivity contribution in [1.29, 1.82) is 5.41 Å². The predicted molar refractivity (Wildman–Crippen MR) is 91.6 cm³/mol. The molecule has 0 saturated carbocycles. The first-order valence-electron chi connectivity index (χ1n) is 7.39. The molecule has 0 spiro atoms. The zero-order valence-corrected chi connectivity index (χ0v) is 12.6. The Balaban J connectivity index is 1.77. The van der Waals surface area contributed by atoms with Gasteiger partial charge in [-0.3, -0.25) is 15.2 Å². The van der Waals surface area contributed by atoms with Crippen molar-refractivity contribution in [2.75, 3.05) is 0 Å². The van der Waals surface area contributed by atoms with Crippen molar-refractivity contribution in [3.63, 3.8) is 0 Å². The minimum Gasteiger partial charge on any atom is -0.384 e. The number of fused-ring (bicyclic) bond motifs is 1. The van der Waals surface area contributed by atoms with Crippen LogP contribution < -0.4 is 5.73 Å². The summed E-state index contributed by atoms with van der Waals surface area (Å²) in [6, 6.07) is 15.3. The molecule has 0 fully saturated rings. The zero-order valence-electron chi connectivity index (χ0n) is 12.6. The van der Waals surface area contributed by atoms with Crippen LogP contribution in [0.2, 0.25) is 0 Å². The highest BCUT2D eigenvalue weighted by Gasteiger charge is 2.07. The van der Waals surface area contributed by atoms with Gasteiger partial charge in [0, 0.05) is 30.8 Å². The third kappa shape index (κ3) is 3.61. The van der Waals surface area contributed by atoms with Crippen molar-refractivity contribution < 1.29 is 4.79 Å². The van der Waals surface area contributed by atoms with Gasteiger partial charge < -0.3 is 5.73 Å². The van der Waals surface area contributed by atoms with Gasteiger partial charge in [0.2, 0.25) is 0 Å². The SMILES string of the molecule is N=C(N)c1ccc2cc(CC(=O)Cc3cccnc3)ccc2c1. The second-order valence-corrected chi connectivity index (χ2v) is 5.56. The maximum absolute atomic E-state index is 12.2. The Labute approximate surface area is 134 Å². The number of carbonyl (C=O) groups excluding carboxylic acids is 1. The molecule has 0 aliphatic rings. The Morgan fingerprint density at radius 2 is 1.74 bits per heavy atom. The number of nitrogens with one attached hydrogen (secondary N) is 1. The van der Waals surface area contributed by atoms with Crippen molar-refractivity contribution >= 4 is 22.4 Å². The number of hydrogen-bond acceptors (Lipinski definition) is 3.